The van der Waals surface area contributed by atoms with Crippen molar-refractivity contribution >= 4 is 17.5 Å². The normalized spacial score (nSPS) is 18.0. The number of β-amino-alcohol motifs (C(OH)–C–C–N with tert-alkyl or cyclic N) is 1. The van der Waals surface area contributed by atoms with E-state index in [-0.39, 0.29) is 18.4 Å². The van der Waals surface area contributed by atoms with E-state index in [1.165, 1.54) is 4.90 Å². The molecule has 2 N–H and O–H groups in total. The second-order valence-corrected chi connectivity index (χ2v) is 5.77. The summed E-state index contributed by atoms with van der Waals surface area (Å²) in [5.41, 5.74) is 1.30. The van der Waals surface area contributed by atoms with Gasteiger partial charge in [-0.1, -0.05) is 6.07 Å². The first-order valence-corrected chi connectivity index (χ1v) is 7.49. The Labute approximate surface area is 130 Å². The van der Waals surface area contributed by atoms with Crippen molar-refractivity contribution in [2.45, 2.75) is 18.9 Å². The second-order valence-electron chi connectivity index (χ2n) is 5.77. The van der Waals surface area contributed by atoms with Crippen LogP contribution in [0.15, 0.2) is 24.3 Å². The molecule has 0 aliphatic carbocycles. The minimum absolute atomic E-state index is 0.0316. The monoisotopic (exact) mass is 305 g/mol. The van der Waals surface area contributed by atoms with Crippen LogP contribution in [0.25, 0.3) is 0 Å². The minimum atomic E-state index is -0.434. The van der Waals surface area contributed by atoms with Crippen molar-refractivity contribution < 1.29 is 14.7 Å². The molecule has 6 nitrogen and oxygen atoms in total. The molecule has 1 aromatic rings. The molecule has 1 aliphatic rings. The van der Waals surface area contributed by atoms with E-state index in [1.54, 1.807) is 37.2 Å². The van der Waals surface area contributed by atoms with E-state index in [0.717, 1.165) is 18.5 Å². The number of likely N-dealkylation sites (N-methyl/N-ethyl adjacent to an activating group) is 1. The summed E-state index contributed by atoms with van der Waals surface area (Å²) in [6.07, 6.45) is 1.14. The second kappa shape index (κ2) is 7.26. The smallest absolute Gasteiger partial charge is 0.254 e. The van der Waals surface area contributed by atoms with E-state index in [1.807, 2.05) is 6.07 Å². The van der Waals surface area contributed by atoms with Crippen LogP contribution in [0.1, 0.15) is 23.2 Å². The van der Waals surface area contributed by atoms with Gasteiger partial charge < -0.3 is 20.2 Å². The summed E-state index contributed by atoms with van der Waals surface area (Å²) < 4.78 is 0. The fourth-order valence-electron chi connectivity index (χ4n) is 2.42. The Hall–Kier alpha value is -2.08. The van der Waals surface area contributed by atoms with E-state index in [4.69, 9.17) is 0 Å². The molecule has 1 atom stereocenters. The zero-order chi connectivity index (χ0) is 16.1. The van der Waals surface area contributed by atoms with E-state index in [9.17, 15) is 14.7 Å². The van der Waals surface area contributed by atoms with Gasteiger partial charge in [0, 0.05) is 38.4 Å². The van der Waals surface area contributed by atoms with Gasteiger partial charge in [0.15, 0.2) is 0 Å². The van der Waals surface area contributed by atoms with Crippen molar-refractivity contribution in [1.29, 1.82) is 0 Å². The van der Waals surface area contributed by atoms with Gasteiger partial charge in [0.2, 0.25) is 5.91 Å². The maximum absolute atomic E-state index is 12.5. The molecule has 0 radical (unpaired) electrons. The Kier molecular flexibility index (Phi) is 5.38. The molecule has 0 saturated carbocycles. The summed E-state index contributed by atoms with van der Waals surface area (Å²) in [7, 11) is 3.40. The molecule has 1 aromatic carbocycles. The molecule has 1 unspecified atom stereocenters. The van der Waals surface area contributed by atoms with Crippen LogP contribution < -0.4 is 5.32 Å². The van der Waals surface area contributed by atoms with Crippen LogP contribution in [0.4, 0.5) is 5.69 Å². The van der Waals surface area contributed by atoms with Crippen LogP contribution in [0.3, 0.4) is 0 Å². The predicted molar refractivity (Wildman–Crippen MR) is 84.8 cm³/mol. The molecule has 1 fully saturated rings. The highest BCUT2D eigenvalue weighted by Crippen LogP contribution is 2.16. The van der Waals surface area contributed by atoms with Crippen LogP contribution >= 0.6 is 0 Å². The molecule has 1 saturated heterocycles. The molecule has 0 spiro atoms. The largest absolute Gasteiger partial charge is 0.391 e. The lowest BCUT2D eigenvalue weighted by atomic mass is 10.1. The van der Waals surface area contributed by atoms with Gasteiger partial charge in [-0.2, -0.15) is 0 Å². The van der Waals surface area contributed by atoms with Crippen molar-refractivity contribution in [2.75, 3.05) is 39.0 Å². The number of rotatable bonds is 4. The van der Waals surface area contributed by atoms with Gasteiger partial charge in [-0.05, 0) is 31.0 Å². The Morgan fingerprint density at radius 1 is 1.41 bits per heavy atom. The number of benzene rings is 1. The van der Waals surface area contributed by atoms with Gasteiger partial charge in [-0.25, -0.2) is 0 Å². The maximum Gasteiger partial charge on any atom is 0.254 e. The summed E-state index contributed by atoms with van der Waals surface area (Å²) in [4.78, 5) is 27.2. The molecule has 120 valence electrons. The zero-order valence-corrected chi connectivity index (χ0v) is 13.1. The van der Waals surface area contributed by atoms with Gasteiger partial charge >= 0.3 is 0 Å². The number of amides is 2. The molecule has 2 amide bonds. The van der Waals surface area contributed by atoms with Gasteiger partial charge in [0.1, 0.15) is 0 Å². The first kappa shape index (κ1) is 16.3. The van der Waals surface area contributed by atoms with E-state index in [2.05, 4.69) is 5.32 Å². The van der Waals surface area contributed by atoms with Gasteiger partial charge in [-0.3, -0.25) is 9.59 Å². The Balaban J connectivity index is 2.01. The van der Waals surface area contributed by atoms with E-state index >= 15 is 0 Å². The molecule has 1 aliphatic heterocycles. The van der Waals surface area contributed by atoms with Crippen molar-refractivity contribution in [3.8, 4) is 0 Å². The number of nitrogens with one attached hydrogen (secondary N) is 1. The number of piperidine rings is 1. The molecule has 1 heterocycles. The summed E-state index contributed by atoms with van der Waals surface area (Å²) >= 11 is 0. The highest BCUT2D eigenvalue weighted by molar-refractivity contribution is 5.95. The Morgan fingerprint density at radius 3 is 2.86 bits per heavy atom. The molecule has 0 aromatic heterocycles. The third kappa shape index (κ3) is 4.21. The fourth-order valence-corrected chi connectivity index (χ4v) is 2.42. The molecule has 0 bridgehead atoms. The molecule has 22 heavy (non-hydrogen) atoms. The molecular formula is C16H23N3O3. The first-order valence-electron chi connectivity index (χ1n) is 7.49. The number of hydrogen-bond donors (Lipinski definition) is 2. The number of aliphatic hydroxyl groups is 1. The van der Waals surface area contributed by atoms with Gasteiger partial charge in [0.25, 0.3) is 5.91 Å². The number of nitrogens with zero attached hydrogens (tertiary/aromatic N) is 2. The summed E-state index contributed by atoms with van der Waals surface area (Å²) in [5.74, 6) is -0.114. The SMILES string of the molecule is CN(C)C(=O)CNc1cccc(C(=O)N2CCCC(O)C2)c1. The lowest BCUT2D eigenvalue weighted by Gasteiger charge is -2.30. The van der Waals surface area contributed by atoms with Crippen LogP contribution in [0.2, 0.25) is 0 Å². The quantitative estimate of drug-likeness (QED) is 0.862. The number of aliphatic hydroxyl groups excluding tert-OH is 1. The summed E-state index contributed by atoms with van der Waals surface area (Å²) in [6.45, 7) is 1.25. The Morgan fingerprint density at radius 2 is 2.18 bits per heavy atom. The highest BCUT2D eigenvalue weighted by atomic mass is 16.3. The first-order chi connectivity index (χ1) is 10.5. The predicted octanol–water partition coefficient (Wildman–Crippen LogP) is 0.784. The third-order valence-electron chi connectivity index (χ3n) is 3.74. The van der Waals surface area contributed by atoms with Gasteiger partial charge in [-0.15, -0.1) is 0 Å². The number of anilines is 1. The van der Waals surface area contributed by atoms with Gasteiger partial charge in [0.05, 0.1) is 12.6 Å². The highest BCUT2D eigenvalue weighted by Gasteiger charge is 2.23. The number of hydrogen-bond acceptors (Lipinski definition) is 4. The summed E-state index contributed by atoms with van der Waals surface area (Å²) in [5, 5.41) is 12.7. The molecule has 2 rings (SSSR count). The Bertz CT molecular complexity index is 545. The van der Waals surface area contributed by atoms with Crippen LogP contribution in [0.5, 0.6) is 0 Å². The van der Waals surface area contributed by atoms with Crippen molar-refractivity contribution in [3.63, 3.8) is 0 Å². The van der Waals surface area contributed by atoms with Crippen LogP contribution in [-0.2, 0) is 4.79 Å². The third-order valence-corrected chi connectivity index (χ3v) is 3.74. The topological polar surface area (TPSA) is 72.9 Å². The minimum Gasteiger partial charge on any atom is -0.391 e. The molecular weight excluding hydrogens is 282 g/mol. The zero-order valence-electron chi connectivity index (χ0n) is 13.1. The fraction of sp³-hybridized carbons (Fsp3) is 0.500. The lowest BCUT2D eigenvalue weighted by Crippen LogP contribution is -2.42. The van der Waals surface area contributed by atoms with Crippen LogP contribution in [0, 0.1) is 0 Å². The number of carbonyl (C=O) groups excluding carboxylic acids is 2. The molecule has 6 heteroatoms. The number of likely N-dealkylation sites (tertiary alicyclic amines) is 1. The summed E-state index contributed by atoms with van der Waals surface area (Å²) in [6, 6.07) is 7.11. The average Bonchev–Trinajstić information content (AvgIpc) is 2.52. The van der Waals surface area contributed by atoms with E-state index in [0.29, 0.717) is 18.7 Å². The van der Waals surface area contributed by atoms with Crippen LogP contribution in [-0.4, -0.2) is 66.6 Å². The van der Waals surface area contributed by atoms with Crippen molar-refractivity contribution in [3.05, 3.63) is 29.8 Å². The maximum atomic E-state index is 12.5. The van der Waals surface area contributed by atoms with Crippen molar-refractivity contribution in [1.82, 2.24) is 9.80 Å². The standard InChI is InChI=1S/C16H23N3O3/c1-18(2)15(21)10-17-13-6-3-5-12(9-13)16(22)19-8-4-7-14(20)11-19/h3,5-6,9,14,17,20H,4,7-8,10-11H2,1-2H3. The average molecular weight is 305 g/mol. The van der Waals surface area contributed by atoms with E-state index < -0.39 is 6.10 Å². The lowest BCUT2D eigenvalue weighted by molar-refractivity contribution is -0.126. The van der Waals surface area contributed by atoms with Crippen molar-refractivity contribution in [2.24, 2.45) is 0 Å². The number of carbonyl (C=O) groups is 2.